The van der Waals surface area contributed by atoms with Gasteiger partial charge in [-0.2, -0.15) is 0 Å². The van der Waals surface area contributed by atoms with E-state index in [0.717, 1.165) is 36.2 Å². The minimum Gasteiger partial charge on any atom is -0.382 e. The van der Waals surface area contributed by atoms with Crippen LogP contribution in [0, 0.1) is 12.8 Å². The number of amides is 2. The monoisotopic (exact) mass is 345 g/mol. The Balaban J connectivity index is 2.14. The van der Waals surface area contributed by atoms with Crippen LogP contribution in [0.5, 0.6) is 0 Å². The van der Waals surface area contributed by atoms with Gasteiger partial charge < -0.3 is 15.5 Å². The Morgan fingerprint density at radius 1 is 1.24 bits per heavy atom. The molecular weight excluding hydrogens is 314 g/mol. The van der Waals surface area contributed by atoms with E-state index < -0.39 is 0 Å². The van der Waals surface area contributed by atoms with E-state index in [1.807, 2.05) is 30.0 Å². The minimum atomic E-state index is -0.0376. The van der Waals surface area contributed by atoms with Crippen LogP contribution in [-0.4, -0.2) is 41.9 Å². The predicted octanol–water partition coefficient (Wildman–Crippen LogP) is 3.19. The lowest BCUT2D eigenvalue weighted by molar-refractivity contribution is -0.120. The molecule has 1 heterocycles. The van der Waals surface area contributed by atoms with Gasteiger partial charge in [0.2, 0.25) is 5.91 Å². The van der Waals surface area contributed by atoms with Crippen molar-refractivity contribution in [1.29, 1.82) is 0 Å². The van der Waals surface area contributed by atoms with Crippen LogP contribution in [-0.2, 0) is 4.79 Å². The van der Waals surface area contributed by atoms with Gasteiger partial charge in [0.1, 0.15) is 0 Å². The summed E-state index contributed by atoms with van der Waals surface area (Å²) >= 11 is 0. The van der Waals surface area contributed by atoms with E-state index >= 15 is 0 Å². The first kappa shape index (κ1) is 19.3. The lowest BCUT2D eigenvalue weighted by Gasteiger charge is -2.33. The fraction of sp³-hybridized carbons (Fsp3) is 0.600. The number of anilines is 1. The Kier molecular flexibility index (Phi) is 6.45. The summed E-state index contributed by atoms with van der Waals surface area (Å²) < 4.78 is 0. The summed E-state index contributed by atoms with van der Waals surface area (Å²) in [5.74, 6) is 0.525. The molecule has 138 valence electrons. The molecule has 0 bridgehead atoms. The minimum absolute atomic E-state index is 0.0376. The largest absolute Gasteiger partial charge is 0.382 e. The molecule has 5 heteroatoms. The summed E-state index contributed by atoms with van der Waals surface area (Å²) in [6, 6.07) is 6.25. The molecule has 1 aliphatic heterocycles. The molecule has 0 unspecified atom stereocenters. The second-order valence-electron chi connectivity index (χ2n) is 7.45. The topological polar surface area (TPSA) is 61.4 Å². The number of carbonyl (C=O) groups excluding carboxylic acids is 2. The number of nitrogens with one attached hydrogen (secondary N) is 2. The molecule has 0 radical (unpaired) electrons. The highest BCUT2D eigenvalue weighted by atomic mass is 16.2. The molecule has 25 heavy (non-hydrogen) atoms. The van der Waals surface area contributed by atoms with Gasteiger partial charge in [-0.25, -0.2) is 0 Å². The molecule has 2 atom stereocenters. The van der Waals surface area contributed by atoms with Crippen molar-refractivity contribution in [3.63, 3.8) is 0 Å². The SMILES string of the molecule is CC(=O)N[C@H]1CCCN(C(=O)c2cccc(N[C@H](C)C(C)C)c2C)C1. The fourth-order valence-electron chi connectivity index (χ4n) is 3.17. The lowest BCUT2D eigenvalue weighted by Crippen LogP contribution is -2.49. The first-order chi connectivity index (χ1) is 11.8. The number of nitrogens with zero attached hydrogens (tertiary/aromatic N) is 1. The van der Waals surface area contributed by atoms with Crippen molar-refractivity contribution in [2.75, 3.05) is 18.4 Å². The van der Waals surface area contributed by atoms with E-state index in [9.17, 15) is 9.59 Å². The van der Waals surface area contributed by atoms with E-state index in [-0.39, 0.29) is 17.9 Å². The van der Waals surface area contributed by atoms with E-state index in [1.165, 1.54) is 6.92 Å². The first-order valence-electron chi connectivity index (χ1n) is 9.22. The van der Waals surface area contributed by atoms with Crippen LogP contribution >= 0.6 is 0 Å². The average molecular weight is 345 g/mol. The second kappa shape index (κ2) is 8.37. The van der Waals surface area contributed by atoms with Crippen LogP contribution in [0.25, 0.3) is 0 Å². The van der Waals surface area contributed by atoms with Gasteiger partial charge in [0.25, 0.3) is 5.91 Å². The molecule has 0 saturated carbocycles. The van der Waals surface area contributed by atoms with Gasteiger partial charge in [-0.1, -0.05) is 19.9 Å². The van der Waals surface area contributed by atoms with E-state index in [2.05, 4.69) is 31.4 Å². The van der Waals surface area contributed by atoms with Crippen molar-refractivity contribution < 1.29 is 9.59 Å². The van der Waals surface area contributed by atoms with Crippen molar-refractivity contribution >= 4 is 17.5 Å². The molecule has 5 nitrogen and oxygen atoms in total. The zero-order valence-electron chi connectivity index (χ0n) is 16.1. The summed E-state index contributed by atoms with van der Waals surface area (Å²) in [7, 11) is 0. The van der Waals surface area contributed by atoms with Crippen molar-refractivity contribution in [3.05, 3.63) is 29.3 Å². The number of benzene rings is 1. The quantitative estimate of drug-likeness (QED) is 0.861. The van der Waals surface area contributed by atoms with E-state index in [4.69, 9.17) is 0 Å². The molecular formula is C20H31N3O2. The smallest absolute Gasteiger partial charge is 0.254 e. The highest BCUT2D eigenvalue weighted by Crippen LogP contribution is 2.23. The van der Waals surface area contributed by atoms with Crippen LogP contribution in [0.15, 0.2) is 18.2 Å². The molecule has 1 aromatic carbocycles. The lowest BCUT2D eigenvalue weighted by atomic mass is 10.0. The Morgan fingerprint density at radius 2 is 1.96 bits per heavy atom. The highest BCUT2D eigenvalue weighted by molar-refractivity contribution is 5.97. The number of hydrogen-bond donors (Lipinski definition) is 2. The summed E-state index contributed by atoms with van der Waals surface area (Å²) in [5.41, 5.74) is 2.74. The van der Waals surface area contributed by atoms with Gasteiger partial charge in [-0.3, -0.25) is 9.59 Å². The number of rotatable bonds is 5. The molecule has 0 aromatic heterocycles. The highest BCUT2D eigenvalue weighted by Gasteiger charge is 2.26. The molecule has 1 saturated heterocycles. The number of hydrogen-bond acceptors (Lipinski definition) is 3. The maximum Gasteiger partial charge on any atom is 0.254 e. The third-order valence-electron chi connectivity index (χ3n) is 5.06. The Bertz CT molecular complexity index is 627. The Hall–Kier alpha value is -2.04. The molecule has 2 amide bonds. The molecule has 2 rings (SSSR count). The normalized spacial score (nSPS) is 18.8. The summed E-state index contributed by atoms with van der Waals surface area (Å²) in [5, 5.41) is 6.45. The van der Waals surface area contributed by atoms with Crippen molar-refractivity contribution in [1.82, 2.24) is 10.2 Å². The maximum atomic E-state index is 13.0. The third-order valence-corrected chi connectivity index (χ3v) is 5.06. The maximum absolute atomic E-state index is 13.0. The number of likely N-dealkylation sites (tertiary alicyclic amines) is 1. The van der Waals surface area contributed by atoms with Gasteiger partial charge in [0, 0.05) is 43.3 Å². The van der Waals surface area contributed by atoms with E-state index in [1.54, 1.807) is 0 Å². The van der Waals surface area contributed by atoms with Crippen molar-refractivity contribution in [2.45, 2.75) is 59.5 Å². The molecule has 2 N–H and O–H groups in total. The van der Waals surface area contributed by atoms with Crippen LogP contribution in [0.4, 0.5) is 5.69 Å². The Morgan fingerprint density at radius 3 is 2.60 bits per heavy atom. The molecule has 1 fully saturated rings. The van der Waals surface area contributed by atoms with Crippen LogP contribution in [0.2, 0.25) is 0 Å². The van der Waals surface area contributed by atoms with Crippen molar-refractivity contribution in [3.8, 4) is 0 Å². The van der Waals surface area contributed by atoms with E-state index in [0.29, 0.717) is 18.5 Å². The van der Waals surface area contributed by atoms with Crippen LogP contribution < -0.4 is 10.6 Å². The Labute approximate surface area is 151 Å². The van der Waals surface area contributed by atoms with Crippen molar-refractivity contribution in [2.24, 2.45) is 5.92 Å². The summed E-state index contributed by atoms with van der Waals surface area (Å²) in [4.78, 5) is 26.2. The molecule has 1 aromatic rings. The standard InChI is InChI=1S/C20H31N3O2/c1-13(2)15(4)21-19-10-6-9-18(14(19)3)20(25)23-11-7-8-17(12-23)22-16(5)24/h6,9-10,13,15,17,21H,7-8,11-12H2,1-5H3,(H,22,24)/t15-,17+/m1/s1. The third kappa shape index (κ3) is 4.97. The molecule has 0 spiro atoms. The molecule has 1 aliphatic rings. The summed E-state index contributed by atoms with van der Waals surface area (Å²) in [6.07, 6.45) is 1.84. The molecule has 0 aliphatic carbocycles. The zero-order valence-corrected chi connectivity index (χ0v) is 16.1. The van der Waals surface area contributed by atoms with Gasteiger partial charge in [-0.05, 0) is 50.3 Å². The fourth-order valence-corrected chi connectivity index (χ4v) is 3.17. The zero-order chi connectivity index (χ0) is 18.6. The van der Waals surface area contributed by atoms with Gasteiger partial charge in [0.05, 0.1) is 0 Å². The predicted molar refractivity (Wildman–Crippen MR) is 102 cm³/mol. The van der Waals surface area contributed by atoms with Gasteiger partial charge in [0.15, 0.2) is 0 Å². The number of carbonyl (C=O) groups is 2. The van der Waals surface area contributed by atoms with Gasteiger partial charge in [-0.15, -0.1) is 0 Å². The first-order valence-corrected chi connectivity index (χ1v) is 9.22. The van der Waals surface area contributed by atoms with Gasteiger partial charge >= 0.3 is 0 Å². The summed E-state index contributed by atoms with van der Waals surface area (Å²) in [6.45, 7) is 11.4. The van der Waals surface area contributed by atoms with Crippen LogP contribution in [0.3, 0.4) is 0 Å². The average Bonchev–Trinajstić information content (AvgIpc) is 2.55. The number of piperidine rings is 1. The van der Waals surface area contributed by atoms with Crippen LogP contribution in [0.1, 0.15) is 56.5 Å². The second-order valence-corrected chi connectivity index (χ2v) is 7.45.